The van der Waals surface area contributed by atoms with E-state index in [0.29, 0.717) is 23.9 Å². The molecule has 4 rings (SSSR count). The molecule has 1 aliphatic heterocycles. The molecule has 4 atom stereocenters. The molecule has 2 bridgehead atoms. The molecule has 0 aromatic carbocycles. The van der Waals surface area contributed by atoms with Gasteiger partial charge in [0.25, 0.3) is 0 Å². The van der Waals surface area contributed by atoms with Crippen LogP contribution in [-0.4, -0.2) is 16.7 Å². The van der Waals surface area contributed by atoms with Crippen LogP contribution < -0.4 is 4.73 Å². The van der Waals surface area contributed by atoms with Gasteiger partial charge in [0.15, 0.2) is 6.20 Å². The SMILES string of the molecule is CC1(C)O[C@H]1C1[C@@H]2CC[C@H]1c1c2ncc[n+]1[O-]. The molecule has 0 radical (unpaired) electrons. The third kappa shape index (κ3) is 1.12. The Kier molecular flexibility index (Phi) is 1.62. The van der Waals surface area contributed by atoms with Gasteiger partial charge in [-0.3, -0.25) is 0 Å². The molecule has 3 aliphatic rings. The number of hydrogen-bond acceptors (Lipinski definition) is 3. The predicted molar refractivity (Wildman–Crippen MR) is 60.4 cm³/mol. The highest BCUT2D eigenvalue weighted by molar-refractivity contribution is 5.33. The highest BCUT2D eigenvalue weighted by Crippen LogP contribution is 2.62. The number of rotatable bonds is 1. The zero-order chi connectivity index (χ0) is 11.8. The van der Waals surface area contributed by atoms with E-state index in [0.717, 1.165) is 29.0 Å². The summed E-state index contributed by atoms with van der Waals surface area (Å²) in [4.78, 5) is 4.43. The van der Waals surface area contributed by atoms with Crippen molar-refractivity contribution in [3.63, 3.8) is 0 Å². The van der Waals surface area contributed by atoms with Crippen LogP contribution in [0.1, 0.15) is 49.9 Å². The van der Waals surface area contributed by atoms with Crippen LogP contribution in [0.2, 0.25) is 0 Å². The normalized spacial score (nSPS) is 40.4. The van der Waals surface area contributed by atoms with Crippen molar-refractivity contribution < 1.29 is 9.47 Å². The van der Waals surface area contributed by atoms with Crippen molar-refractivity contribution in [2.45, 2.75) is 50.2 Å². The fourth-order valence-corrected chi connectivity index (χ4v) is 3.99. The lowest BCUT2D eigenvalue weighted by Crippen LogP contribution is -2.34. The molecular weight excluding hydrogens is 216 g/mol. The highest BCUT2D eigenvalue weighted by atomic mass is 16.6. The lowest BCUT2D eigenvalue weighted by Gasteiger charge is -2.12. The summed E-state index contributed by atoms with van der Waals surface area (Å²) in [6.45, 7) is 4.28. The summed E-state index contributed by atoms with van der Waals surface area (Å²) in [6, 6.07) is 0. The molecular formula is C13H16N2O2. The van der Waals surface area contributed by atoms with Crippen LogP contribution in [0.25, 0.3) is 0 Å². The maximum atomic E-state index is 11.9. The Morgan fingerprint density at radius 1 is 1.41 bits per heavy atom. The van der Waals surface area contributed by atoms with Gasteiger partial charge in [-0.15, -0.1) is 0 Å². The molecule has 0 N–H and O–H groups in total. The van der Waals surface area contributed by atoms with E-state index >= 15 is 0 Å². The first-order chi connectivity index (χ1) is 8.09. The van der Waals surface area contributed by atoms with E-state index in [2.05, 4.69) is 18.8 Å². The summed E-state index contributed by atoms with van der Waals surface area (Å²) in [5.41, 5.74) is 1.96. The van der Waals surface area contributed by atoms with Crippen molar-refractivity contribution in [2.24, 2.45) is 5.92 Å². The molecule has 4 heteroatoms. The lowest BCUT2D eigenvalue weighted by molar-refractivity contribution is -0.616. The number of hydrogen-bond donors (Lipinski definition) is 0. The quantitative estimate of drug-likeness (QED) is 0.418. The molecule has 1 saturated heterocycles. The lowest BCUT2D eigenvalue weighted by atomic mass is 9.87. The van der Waals surface area contributed by atoms with Gasteiger partial charge in [-0.2, -0.15) is 4.73 Å². The van der Waals surface area contributed by atoms with Crippen molar-refractivity contribution in [3.05, 3.63) is 29.0 Å². The third-order valence-corrected chi connectivity index (χ3v) is 4.74. The second-order valence-corrected chi connectivity index (χ2v) is 6.03. The van der Waals surface area contributed by atoms with Crippen LogP contribution >= 0.6 is 0 Å². The molecule has 4 nitrogen and oxygen atoms in total. The van der Waals surface area contributed by atoms with Crippen LogP contribution in [0.4, 0.5) is 0 Å². The van der Waals surface area contributed by atoms with E-state index in [9.17, 15) is 5.21 Å². The van der Waals surface area contributed by atoms with Crippen LogP contribution in [0, 0.1) is 11.1 Å². The zero-order valence-electron chi connectivity index (χ0n) is 10.1. The summed E-state index contributed by atoms with van der Waals surface area (Å²) < 4.78 is 6.82. The number of fused-ring (bicyclic) bond motifs is 5. The van der Waals surface area contributed by atoms with Crippen LogP contribution in [-0.2, 0) is 4.74 Å². The van der Waals surface area contributed by atoms with Crippen molar-refractivity contribution >= 4 is 0 Å². The van der Waals surface area contributed by atoms with E-state index in [1.165, 1.54) is 6.20 Å². The maximum absolute atomic E-state index is 11.9. The maximum Gasteiger partial charge on any atom is 0.218 e. The smallest absolute Gasteiger partial charge is 0.218 e. The monoisotopic (exact) mass is 232 g/mol. The molecule has 0 amide bonds. The molecule has 0 spiro atoms. The van der Waals surface area contributed by atoms with Crippen molar-refractivity contribution in [2.75, 3.05) is 0 Å². The second-order valence-electron chi connectivity index (χ2n) is 6.03. The van der Waals surface area contributed by atoms with Crippen LogP contribution in [0.5, 0.6) is 0 Å². The number of ether oxygens (including phenoxy) is 1. The van der Waals surface area contributed by atoms with Crippen LogP contribution in [0.15, 0.2) is 12.4 Å². The Morgan fingerprint density at radius 2 is 2.12 bits per heavy atom. The van der Waals surface area contributed by atoms with E-state index in [4.69, 9.17) is 4.74 Å². The average molecular weight is 232 g/mol. The summed E-state index contributed by atoms with van der Waals surface area (Å²) in [5, 5.41) is 11.9. The Balaban J connectivity index is 1.79. The van der Waals surface area contributed by atoms with Gasteiger partial charge in [-0.25, -0.2) is 4.98 Å². The minimum atomic E-state index is 0.00125. The summed E-state index contributed by atoms with van der Waals surface area (Å²) in [6.07, 6.45) is 5.74. The molecule has 2 aliphatic carbocycles. The molecule has 17 heavy (non-hydrogen) atoms. The Morgan fingerprint density at radius 3 is 2.76 bits per heavy atom. The Labute approximate surface area is 100 Å². The summed E-state index contributed by atoms with van der Waals surface area (Å²) in [7, 11) is 0. The predicted octanol–water partition coefficient (Wildman–Crippen LogP) is 1.48. The topological polar surface area (TPSA) is 52.4 Å². The molecule has 1 saturated carbocycles. The first-order valence-electron chi connectivity index (χ1n) is 6.35. The number of aromatic nitrogens is 2. The van der Waals surface area contributed by atoms with Gasteiger partial charge in [-0.05, 0) is 26.7 Å². The van der Waals surface area contributed by atoms with Crippen molar-refractivity contribution in [1.29, 1.82) is 0 Å². The van der Waals surface area contributed by atoms with Crippen LogP contribution in [0.3, 0.4) is 0 Å². The second kappa shape index (κ2) is 2.80. The van der Waals surface area contributed by atoms with Gasteiger partial charge < -0.3 is 9.94 Å². The summed E-state index contributed by atoms with van der Waals surface area (Å²) in [5.74, 6) is 1.30. The highest BCUT2D eigenvalue weighted by Gasteiger charge is 2.64. The van der Waals surface area contributed by atoms with Gasteiger partial charge >= 0.3 is 0 Å². The minimum absolute atomic E-state index is 0.00125. The van der Waals surface area contributed by atoms with Gasteiger partial charge in [0.2, 0.25) is 5.69 Å². The van der Waals surface area contributed by atoms with Gasteiger partial charge in [0.1, 0.15) is 5.69 Å². The average Bonchev–Trinajstić information content (AvgIpc) is 2.69. The standard InChI is InChI=1S/C13H16N2O2/c1-13(2)12(17-13)9-7-3-4-8(9)11-10(7)14-5-6-15(11)16/h5-9,12H,3-4H2,1-2H3/t7-,8+,9?,12-/m0/s1. The van der Waals surface area contributed by atoms with E-state index < -0.39 is 0 Å². The molecule has 1 unspecified atom stereocenters. The zero-order valence-corrected chi connectivity index (χ0v) is 10.1. The fourth-order valence-electron chi connectivity index (χ4n) is 3.99. The Hall–Kier alpha value is -1.16. The molecule has 1 aromatic rings. The summed E-state index contributed by atoms with van der Waals surface area (Å²) >= 11 is 0. The van der Waals surface area contributed by atoms with E-state index in [-0.39, 0.29) is 5.60 Å². The molecule has 90 valence electrons. The number of nitrogens with zero attached hydrogens (tertiary/aromatic N) is 2. The number of epoxide rings is 1. The first kappa shape index (κ1) is 9.83. The molecule has 2 heterocycles. The Bertz CT molecular complexity index is 500. The molecule has 1 aromatic heterocycles. The van der Waals surface area contributed by atoms with E-state index in [1.807, 2.05) is 0 Å². The minimum Gasteiger partial charge on any atom is -0.618 e. The largest absolute Gasteiger partial charge is 0.618 e. The van der Waals surface area contributed by atoms with Crippen molar-refractivity contribution in [3.8, 4) is 0 Å². The molecule has 2 fully saturated rings. The third-order valence-electron chi connectivity index (χ3n) is 4.74. The van der Waals surface area contributed by atoms with Gasteiger partial charge in [0, 0.05) is 11.8 Å². The van der Waals surface area contributed by atoms with Gasteiger partial charge in [0.05, 0.1) is 23.8 Å². The van der Waals surface area contributed by atoms with Gasteiger partial charge in [-0.1, -0.05) is 0 Å². The van der Waals surface area contributed by atoms with Crippen molar-refractivity contribution in [1.82, 2.24) is 4.98 Å². The fraction of sp³-hybridized carbons (Fsp3) is 0.692. The van der Waals surface area contributed by atoms with E-state index in [1.54, 1.807) is 6.20 Å². The first-order valence-corrected chi connectivity index (χ1v) is 6.35.